The van der Waals surface area contributed by atoms with Crippen molar-refractivity contribution in [2.75, 3.05) is 26.6 Å². The number of hydrogen-bond donors (Lipinski definition) is 0. The second-order valence-electron chi connectivity index (χ2n) is 10.9. The Kier molecular flexibility index (Phi) is 11.6. The SMILES string of the molecule is CC(C)(C)OC(=O)N(COCC[Si](C)(C)C)C1=NC(CF)(c2cc(Br)ccc2F)C=C(COC(=O)C=[N+]=[N-])S1. The number of aliphatic imine (C=N–C) groups is 1. The summed E-state index contributed by atoms with van der Waals surface area (Å²) in [6.45, 7) is 10.2. The molecule has 0 saturated heterocycles. The Balaban J connectivity index is 2.58. The van der Waals surface area contributed by atoms with Gasteiger partial charge in [0.25, 0.3) is 0 Å². The standard InChI is InChI=1S/C25H33BrF2N4O5SSi/c1-24(2,3)37-23(34)32(16-35-9-10-39(4,5)6)22-31-25(15-27,19-11-17(26)7-8-20(19)28)12-18(38-22)14-36-21(33)13-30-29/h7-8,11-13H,9-10,14-16H2,1-6H3. The van der Waals surface area contributed by atoms with Crippen LogP contribution in [-0.4, -0.2) is 73.4 Å². The summed E-state index contributed by atoms with van der Waals surface area (Å²) in [4.78, 5) is 33.6. The van der Waals surface area contributed by atoms with Gasteiger partial charge < -0.3 is 19.7 Å². The van der Waals surface area contributed by atoms with Crippen LogP contribution < -0.4 is 0 Å². The maximum atomic E-state index is 15.0. The van der Waals surface area contributed by atoms with E-state index in [0.29, 0.717) is 17.3 Å². The van der Waals surface area contributed by atoms with Crippen molar-refractivity contribution in [3.63, 3.8) is 0 Å². The molecule has 0 N–H and O–H groups in total. The van der Waals surface area contributed by atoms with E-state index in [0.717, 1.165) is 22.7 Å². The third kappa shape index (κ3) is 10.3. The number of carbonyl (C=O) groups excluding carboxylic acids is 2. The summed E-state index contributed by atoms with van der Waals surface area (Å²) in [6, 6.07) is 4.87. The third-order valence-corrected chi connectivity index (χ3v) is 8.29. The Morgan fingerprint density at radius 1 is 1.31 bits per heavy atom. The molecule has 1 atom stereocenters. The van der Waals surface area contributed by atoms with Crippen LogP contribution in [0.5, 0.6) is 0 Å². The lowest BCUT2D eigenvalue weighted by Gasteiger charge is -2.34. The zero-order valence-electron chi connectivity index (χ0n) is 22.8. The molecular formula is C25H33BrF2N4O5SSi. The number of nitrogens with zero attached hydrogens (tertiary/aromatic N) is 4. The Morgan fingerprint density at radius 3 is 2.59 bits per heavy atom. The van der Waals surface area contributed by atoms with E-state index in [1.165, 1.54) is 24.3 Å². The number of amidine groups is 1. The molecule has 1 aliphatic heterocycles. The largest absolute Gasteiger partial charge is 0.452 e. The van der Waals surface area contributed by atoms with Crippen molar-refractivity contribution in [2.45, 2.75) is 57.6 Å². The van der Waals surface area contributed by atoms with E-state index < -0.39 is 43.8 Å². The molecule has 0 aliphatic carbocycles. The minimum Gasteiger partial charge on any atom is -0.452 e. The van der Waals surface area contributed by atoms with Gasteiger partial charge in [0, 0.05) is 29.6 Å². The second-order valence-corrected chi connectivity index (χ2v) is 18.5. The summed E-state index contributed by atoms with van der Waals surface area (Å²) >= 11 is 4.20. The number of hydrogen-bond acceptors (Lipinski definition) is 7. The first kappa shape index (κ1) is 32.8. The van der Waals surface area contributed by atoms with Crippen LogP contribution in [0.3, 0.4) is 0 Å². The highest BCUT2D eigenvalue weighted by molar-refractivity contribution is 9.10. The Hall–Kier alpha value is -2.38. The van der Waals surface area contributed by atoms with Crippen molar-refractivity contribution >= 4 is 59.2 Å². The molecule has 1 amide bonds. The molecule has 39 heavy (non-hydrogen) atoms. The average molecular weight is 648 g/mol. The van der Waals surface area contributed by atoms with E-state index in [2.05, 4.69) is 45.4 Å². The fourth-order valence-electron chi connectivity index (χ4n) is 3.20. The summed E-state index contributed by atoms with van der Waals surface area (Å²) in [5, 5.41) is -0.0290. The minimum atomic E-state index is -1.89. The number of amides is 1. The zero-order valence-corrected chi connectivity index (χ0v) is 26.2. The lowest BCUT2D eigenvalue weighted by atomic mass is 9.90. The van der Waals surface area contributed by atoms with E-state index >= 15 is 4.39 Å². The fourth-order valence-corrected chi connectivity index (χ4v) is 5.37. The lowest BCUT2D eigenvalue weighted by molar-refractivity contribution is -0.137. The third-order valence-electron chi connectivity index (χ3n) is 5.10. The second kappa shape index (κ2) is 13.8. The molecule has 0 bridgehead atoms. The predicted molar refractivity (Wildman–Crippen MR) is 153 cm³/mol. The summed E-state index contributed by atoms with van der Waals surface area (Å²) in [5.74, 6) is -1.68. The van der Waals surface area contributed by atoms with Crippen LogP contribution in [0.15, 0.2) is 38.6 Å². The van der Waals surface area contributed by atoms with Gasteiger partial charge in [0.2, 0.25) is 0 Å². The smallest absolute Gasteiger partial charge is 0.418 e. The van der Waals surface area contributed by atoms with Gasteiger partial charge in [-0.05, 0) is 51.1 Å². The molecule has 1 aliphatic rings. The van der Waals surface area contributed by atoms with Crippen molar-refractivity contribution in [3.8, 4) is 0 Å². The average Bonchev–Trinajstić information content (AvgIpc) is 2.82. The maximum Gasteiger partial charge on any atom is 0.418 e. The van der Waals surface area contributed by atoms with Gasteiger partial charge in [-0.25, -0.2) is 28.3 Å². The number of alkyl halides is 1. The van der Waals surface area contributed by atoms with Gasteiger partial charge in [-0.2, -0.15) is 4.79 Å². The normalized spacial score (nSPS) is 17.5. The highest BCUT2D eigenvalue weighted by Crippen LogP contribution is 2.41. The number of halogens is 3. The zero-order chi connectivity index (χ0) is 29.4. The molecule has 14 heteroatoms. The number of ether oxygens (including phenoxy) is 3. The Morgan fingerprint density at radius 2 is 2.00 bits per heavy atom. The van der Waals surface area contributed by atoms with Crippen LogP contribution in [0.25, 0.3) is 5.53 Å². The molecule has 1 heterocycles. The summed E-state index contributed by atoms with van der Waals surface area (Å²) in [5.41, 5.74) is 5.74. The molecule has 214 valence electrons. The van der Waals surface area contributed by atoms with Gasteiger partial charge in [0.1, 0.15) is 37.0 Å². The number of thioether (sulfide) groups is 1. The Bertz CT molecular complexity index is 1180. The number of esters is 1. The van der Waals surface area contributed by atoms with Gasteiger partial charge in [-0.15, -0.1) is 0 Å². The van der Waals surface area contributed by atoms with Crippen molar-refractivity contribution in [1.82, 2.24) is 4.90 Å². The molecule has 2 rings (SSSR count). The van der Waals surface area contributed by atoms with Crippen LogP contribution in [0.2, 0.25) is 25.7 Å². The molecule has 9 nitrogen and oxygen atoms in total. The van der Waals surface area contributed by atoms with Gasteiger partial charge in [0.15, 0.2) is 5.17 Å². The Labute approximate surface area is 240 Å². The molecule has 0 saturated carbocycles. The maximum absolute atomic E-state index is 15.0. The van der Waals surface area contributed by atoms with Gasteiger partial charge in [0.05, 0.1) is 0 Å². The first-order valence-corrected chi connectivity index (χ1v) is 17.3. The van der Waals surface area contributed by atoms with Crippen LogP contribution >= 0.6 is 27.7 Å². The van der Waals surface area contributed by atoms with Crippen LogP contribution in [-0.2, 0) is 24.5 Å². The molecule has 1 aromatic rings. The predicted octanol–water partition coefficient (Wildman–Crippen LogP) is 6.13. The molecule has 0 aromatic heterocycles. The highest BCUT2D eigenvalue weighted by Gasteiger charge is 2.40. The molecule has 0 radical (unpaired) electrons. The lowest BCUT2D eigenvalue weighted by Crippen LogP contribution is -2.44. The van der Waals surface area contributed by atoms with E-state index in [-0.39, 0.29) is 29.0 Å². The molecule has 1 aromatic carbocycles. The van der Waals surface area contributed by atoms with Crippen LogP contribution in [0.4, 0.5) is 13.6 Å². The van der Waals surface area contributed by atoms with Crippen molar-refractivity contribution in [2.24, 2.45) is 4.99 Å². The molecule has 1 unspecified atom stereocenters. The summed E-state index contributed by atoms with van der Waals surface area (Å²) in [7, 11) is -1.44. The summed E-state index contributed by atoms with van der Waals surface area (Å²) in [6.07, 6.45) is 1.10. The van der Waals surface area contributed by atoms with Crippen molar-refractivity contribution in [1.29, 1.82) is 0 Å². The molecular weight excluding hydrogens is 614 g/mol. The quantitative estimate of drug-likeness (QED) is 0.0574. The van der Waals surface area contributed by atoms with Crippen molar-refractivity contribution in [3.05, 3.63) is 50.6 Å². The van der Waals surface area contributed by atoms with Gasteiger partial charge in [-0.3, -0.25) is 0 Å². The van der Waals surface area contributed by atoms with Gasteiger partial charge >= 0.3 is 18.3 Å². The molecule has 0 spiro atoms. The fraction of sp³-hybridized carbons (Fsp3) is 0.520. The van der Waals surface area contributed by atoms with E-state index in [9.17, 15) is 14.0 Å². The topological polar surface area (TPSA) is 114 Å². The van der Waals surface area contributed by atoms with E-state index in [1.54, 1.807) is 20.8 Å². The van der Waals surface area contributed by atoms with Crippen molar-refractivity contribution < 1.29 is 37.4 Å². The highest BCUT2D eigenvalue weighted by atomic mass is 79.9. The van der Waals surface area contributed by atoms with E-state index in [4.69, 9.17) is 19.7 Å². The molecule has 0 fully saturated rings. The monoisotopic (exact) mass is 646 g/mol. The van der Waals surface area contributed by atoms with Gasteiger partial charge in [-0.1, -0.05) is 47.3 Å². The summed E-state index contributed by atoms with van der Waals surface area (Å²) < 4.78 is 46.9. The van der Waals surface area contributed by atoms with Crippen LogP contribution in [0, 0.1) is 5.82 Å². The van der Waals surface area contributed by atoms with Crippen LogP contribution in [0.1, 0.15) is 26.3 Å². The van der Waals surface area contributed by atoms with E-state index in [1.807, 2.05) is 0 Å². The minimum absolute atomic E-state index is 0.0290. The first-order chi connectivity index (χ1) is 18.1. The first-order valence-electron chi connectivity index (χ1n) is 12.0. The number of rotatable bonds is 10. The number of benzene rings is 1. The number of carbonyl (C=O) groups is 2.